The van der Waals surface area contributed by atoms with Gasteiger partial charge in [-0.05, 0) is 71.8 Å². The highest BCUT2D eigenvalue weighted by Gasteiger charge is 2.11. The van der Waals surface area contributed by atoms with Crippen molar-refractivity contribution in [2.75, 3.05) is 14.2 Å². The van der Waals surface area contributed by atoms with E-state index in [1.165, 1.54) is 20.4 Å². The number of benzene rings is 1. The summed E-state index contributed by atoms with van der Waals surface area (Å²) in [5.74, 6) is 1.53. The van der Waals surface area contributed by atoms with E-state index in [-0.39, 0.29) is 0 Å². The fourth-order valence-electron chi connectivity index (χ4n) is 2.26. The van der Waals surface area contributed by atoms with Crippen LogP contribution in [0.4, 0.5) is 0 Å². The molecule has 112 valence electrons. The molecule has 21 heavy (non-hydrogen) atoms. The summed E-state index contributed by atoms with van der Waals surface area (Å²) in [6.45, 7) is 5.00. The normalized spacial score (nSPS) is 11.6. The van der Waals surface area contributed by atoms with Crippen LogP contribution in [-0.2, 0) is 6.54 Å². The van der Waals surface area contributed by atoms with Crippen LogP contribution in [0.15, 0.2) is 36.5 Å². The molecule has 2 rings (SSSR count). The molecule has 1 heterocycles. The summed E-state index contributed by atoms with van der Waals surface area (Å²) in [4.78, 5) is 0. The van der Waals surface area contributed by atoms with Gasteiger partial charge in [0.1, 0.15) is 0 Å². The number of nitrogens with zero attached hydrogens (tertiary/aromatic N) is 1. The first kappa shape index (κ1) is 15.9. The second-order valence-corrected chi connectivity index (χ2v) is 5.95. The number of ether oxygens (including phenoxy) is 2. The van der Waals surface area contributed by atoms with Crippen LogP contribution in [0.5, 0.6) is 11.5 Å². The molecule has 0 aliphatic carbocycles. The maximum atomic E-state index is 5.40. The summed E-state index contributed by atoms with van der Waals surface area (Å²) >= 11 is 2.34. The monoisotopic (exact) mass is 397 g/mol. The Labute approximate surface area is 139 Å². The second kappa shape index (κ2) is 7.02. The van der Waals surface area contributed by atoms with Crippen LogP contribution in [0.2, 0.25) is 0 Å². The minimum Gasteiger partial charge on any atom is -0.493 e. The SMILES string of the molecule is C/C=C(\C)c1cccn1Cc1cc(OC)c(OC)cc1I. The number of methoxy groups -OCH3 is 2. The molecular formula is C17H20INO2. The van der Waals surface area contributed by atoms with E-state index in [0.717, 1.165) is 18.0 Å². The highest BCUT2D eigenvalue weighted by atomic mass is 127. The van der Waals surface area contributed by atoms with Crippen LogP contribution in [-0.4, -0.2) is 18.8 Å². The lowest BCUT2D eigenvalue weighted by Gasteiger charge is -2.14. The van der Waals surface area contributed by atoms with Crippen molar-refractivity contribution >= 4 is 28.2 Å². The quantitative estimate of drug-likeness (QED) is 0.690. The highest BCUT2D eigenvalue weighted by Crippen LogP contribution is 2.32. The molecule has 0 bridgehead atoms. The molecule has 0 unspecified atom stereocenters. The fraction of sp³-hybridized carbons (Fsp3) is 0.294. The summed E-state index contributed by atoms with van der Waals surface area (Å²) in [6.07, 6.45) is 4.24. The highest BCUT2D eigenvalue weighted by molar-refractivity contribution is 14.1. The van der Waals surface area contributed by atoms with Crippen molar-refractivity contribution in [1.29, 1.82) is 0 Å². The molecule has 3 nitrogen and oxygen atoms in total. The van der Waals surface area contributed by atoms with Gasteiger partial charge in [-0.2, -0.15) is 0 Å². The van der Waals surface area contributed by atoms with Gasteiger partial charge in [-0.25, -0.2) is 0 Å². The molecule has 2 aromatic rings. The van der Waals surface area contributed by atoms with Gasteiger partial charge < -0.3 is 14.0 Å². The summed E-state index contributed by atoms with van der Waals surface area (Å²) in [6, 6.07) is 8.29. The van der Waals surface area contributed by atoms with Crippen LogP contribution < -0.4 is 9.47 Å². The standard InChI is InChI=1S/C17H20INO2/c1-5-12(2)15-7-6-8-19(15)11-13-9-16(20-3)17(21-4)10-14(13)18/h5-10H,11H2,1-4H3/b12-5+. The minimum absolute atomic E-state index is 0.767. The number of hydrogen-bond donors (Lipinski definition) is 0. The van der Waals surface area contributed by atoms with Gasteiger partial charge in [-0.15, -0.1) is 0 Å². The summed E-state index contributed by atoms with van der Waals surface area (Å²) in [7, 11) is 3.33. The Balaban J connectivity index is 2.38. The number of halogens is 1. The molecule has 0 saturated carbocycles. The lowest BCUT2D eigenvalue weighted by molar-refractivity contribution is 0.354. The van der Waals surface area contributed by atoms with Crippen molar-refractivity contribution in [3.63, 3.8) is 0 Å². The molecule has 0 aliphatic heterocycles. The van der Waals surface area contributed by atoms with Crippen LogP contribution in [0.1, 0.15) is 25.1 Å². The first-order valence-corrected chi connectivity index (χ1v) is 7.87. The largest absolute Gasteiger partial charge is 0.493 e. The van der Waals surface area contributed by atoms with Gasteiger partial charge in [0, 0.05) is 22.0 Å². The zero-order valence-electron chi connectivity index (χ0n) is 12.8. The van der Waals surface area contributed by atoms with Crippen molar-refractivity contribution in [2.45, 2.75) is 20.4 Å². The number of aromatic nitrogens is 1. The Morgan fingerprint density at radius 3 is 2.52 bits per heavy atom. The van der Waals surface area contributed by atoms with E-state index in [4.69, 9.17) is 9.47 Å². The summed E-state index contributed by atoms with van der Waals surface area (Å²) < 4.78 is 14.2. The maximum absolute atomic E-state index is 5.40. The van der Waals surface area contributed by atoms with Crippen molar-refractivity contribution in [1.82, 2.24) is 4.57 Å². The van der Waals surface area contributed by atoms with Crippen LogP contribution in [0, 0.1) is 3.57 Å². The van der Waals surface area contributed by atoms with Crippen LogP contribution >= 0.6 is 22.6 Å². The van der Waals surface area contributed by atoms with Gasteiger partial charge in [0.25, 0.3) is 0 Å². The fourth-order valence-corrected chi connectivity index (χ4v) is 2.87. The second-order valence-electron chi connectivity index (χ2n) is 4.79. The van der Waals surface area contributed by atoms with E-state index >= 15 is 0 Å². The predicted octanol–water partition coefficient (Wildman–Crippen LogP) is 4.58. The smallest absolute Gasteiger partial charge is 0.161 e. The van der Waals surface area contributed by atoms with Gasteiger partial charge >= 0.3 is 0 Å². The Morgan fingerprint density at radius 2 is 1.90 bits per heavy atom. The topological polar surface area (TPSA) is 23.4 Å². The third kappa shape index (κ3) is 3.43. The van der Waals surface area contributed by atoms with Crippen molar-refractivity contribution in [3.05, 3.63) is 51.4 Å². The first-order chi connectivity index (χ1) is 10.1. The molecule has 0 amide bonds. The number of rotatable bonds is 5. The molecular weight excluding hydrogens is 377 g/mol. The molecule has 0 saturated heterocycles. The van der Waals surface area contributed by atoms with Gasteiger partial charge in [0.05, 0.1) is 14.2 Å². The van der Waals surface area contributed by atoms with E-state index in [0.29, 0.717) is 0 Å². The summed E-state index contributed by atoms with van der Waals surface area (Å²) in [5.41, 5.74) is 3.73. The van der Waals surface area contributed by atoms with Gasteiger partial charge in [-0.1, -0.05) is 6.08 Å². The van der Waals surface area contributed by atoms with Gasteiger partial charge in [-0.3, -0.25) is 0 Å². The summed E-state index contributed by atoms with van der Waals surface area (Å²) in [5, 5.41) is 0. The van der Waals surface area contributed by atoms with Crippen LogP contribution in [0.3, 0.4) is 0 Å². The van der Waals surface area contributed by atoms with E-state index < -0.39 is 0 Å². The zero-order valence-corrected chi connectivity index (χ0v) is 15.0. The Kier molecular flexibility index (Phi) is 5.33. The van der Waals surface area contributed by atoms with Gasteiger partial charge in [0.2, 0.25) is 0 Å². The molecule has 4 heteroatoms. The average Bonchev–Trinajstić information content (AvgIpc) is 2.96. The Bertz CT molecular complexity index is 659. The van der Waals surface area contributed by atoms with Crippen molar-refractivity contribution in [2.24, 2.45) is 0 Å². The third-order valence-corrected chi connectivity index (χ3v) is 4.56. The average molecular weight is 397 g/mol. The first-order valence-electron chi connectivity index (χ1n) is 6.79. The van der Waals surface area contributed by atoms with Crippen molar-refractivity contribution in [3.8, 4) is 11.5 Å². The molecule has 0 radical (unpaired) electrons. The maximum Gasteiger partial charge on any atom is 0.161 e. The van der Waals surface area contributed by atoms with E-state index in [9.17, 15) is 0 Å². The van der Waals surface area contributed by atoms with E-state index in [2.05, 4.69) is 71.5 Å². The molecule has 0 atom stereocenters. The zero-order chi connectivity index (χ0) is 15.4. The Morgan fingerprint density at radius 1 is 1.24 bits per heavy atom. The van der Waals surface area contributed by atoms with Gasteiger partial charge in [0.15, 0.2) is 11.5 Å². The molecule has 0 spiro atoms. The number of allylic oxidation sites excluding steroid dienone is 2. The lowest BCUT2D eigenvalue weighted by Crippen LogP contribution is -2.04. The third-order valence-electron chi connectivity index (χ3n) is 3.56. The van der Waals surface area contributed by atoms with Crippen molar-refractivity contribution < 1.29 is 9.47 Å². The van der Waals surface area contributed by atoms with E-state index in [1.54, 1.807) is 14.2 Å². The minimum atomic E-state index is 0.767. The lowest BCUT2D eigenvalue weighted by atomic mass is 10.1. The predicted molar refractivity (Wildman–Crippen MR) is 95.1 cm³/mol. The molecule has 1 aromatic carbocycles. The molecule has 0 N–H and O–H groups in total. The Hall–Kier alpha value is -1.43. The molecule has 0 fully saturated rings. The number of hydrogen-bond acceptors (Lipinski definition) is 2. The molecule has 1 aromatic heterocycles. The van der Waals surface area contributed by atoms with Crippen LogP contribution in [0.25, 0.3) is 5.57 Å². The molecule has 0 aliphatic rings. The van der Waals surface area contributed by atoms with E-state index in [1.807, 2.05) is 6.07 Å².